The Labute approximate surface area is 213 Å². The number of aryl methyl sites for hydroxylation is 2. The maximum absolute atomic E-state index is 13.5. The van der Waals surface area contributed by atoms with Crippen LogP contribution in [0.15, 0.2) is 78.9 Å². The van der Waals surface area contributed by atoms with Gasteiger partial charge in [-0.3, -0.25) is 9.59 Å². The molecular formula is C30H34N4O2. The number of nitrogens with one attached hydrogen (secondary N) is 1. The van der Waals surface area contributed by atoms with Gasteiger partial charge in [-0.15, -0.1) is 0 Å². The number of amides is 2. The summed E-state index contributed by atoms with van der Waals surface area (Å²) in [6, 6.07) is 25.6. The zero-order valence-electron chi connectivity index (χ0n) is 21.3. The van der Waals surface area contributed by atoms with E-state index < -0.39 is 0 Å². The molecule has 0 aliphatic rings. The summed E-state index contributed by atoms with van der Waals surface area (Å²) in [5.74, 6) is 0.843. The Morgan fingerprint density at radius 2 is 1.64 bits per heavy atom. The molecule has 1 aromatic heterocycles. The fourth-order valence-corrected chi connectivity index (χ4v) is 4.31. The van der Waals surface area contributed by atoms with Crippen molar-refractivity contribution < 1.29 is 9.59 Å². The maximum atomic E-state index is 13.5. The first-order chi connectivity index (χ1) is 17.4. The van der Waals surface area contributed by atoms with Gasteiger partial charge in [0.05, 0.1) is 11.0 Å². The third kappa shape index (κ3) is 6.19. The van der Waals surface area contributed by atoms with Crippen LogP contribution in [0.5, 0.6) is 0 Å². The predicted molar refractivity (Wildman–Crippen MR) is 144 cm³/mol. The number of benzene rings is 3. The highest BCUT2D eigenvalue weighted by Gasteiger charge is 2.20. The van der Waals surface area contributed by atoms with Gasteiger partial charge in [0.2, 0.25) is 5.91 Å². The molecule has 36 heavy (non-hydrogen) atoms. The smallest absolute Gasteiger partial charge is 0.251 e. The van der Waals surface area contributed by atoms with Gasteiger partial charge in [-0.2, -0.15) is 0 Å². The number of aromatic nitrogens is 2. The van der Waals surface area contributed by atoms with Crippen molar-refractivity contribution in [2.75, 3.05) is 6.54 Å². The van der Waals surface area contributed by atoms with Crippen LogP contribution in [0.1, 0.15) is 47.6 Å². The van der Waals surface area contributed by atoms with Crippen molar-refractivity contribution in [1.29, 1.82) is 0 Å². The molecule has 0 radical (unpaired) electrons. The highest BCUT2D eigenvalue weighted by atomic mass is 16.2. The monoisotopic (exact) mass is 482 g/mol. The number of para-hydroxylation sites is 2. The van der Waals surface area contributed by atoms with Crippen LogP contribution >= 0.6 is 0 Å². The van der Waals surface area contributed by atoms with E-state index in [1.807, 2.05) is 109 Å². The van der Waals surface area contributed by atoms with Crippen molar-refractivity contribution in [2.24, 2.45) is 0 Å². The second-order valence-corrected chi connectivity index (χ2v) is 9.43. The molecule has 0 unspecified atom stereocenters. The predicted octanol–water partition coefficient (Wildman–Crippen LogP) is 5.14. The normalized spacial score (nSPS) is 11.1. The molecule has 0 saturated heterocycles. The Morgan fingerprint density at radius 1 is 0.944 bits per heavy atom. The van der Waals surface area contributed by atoms with Gasteiger partial charge in [0.15, 0.2) is 0 Å². The molecule has 0 atom stereocenters. The number of imidazole rings is 1. The fraction of sp³-hybridized carbons (Fsp3) is 0.300. The SMILES string of the molecule is Cc1ccc(C(=O)NCCCc2nc3ccccc3n2CC(=O)N(Cc2ccccc2)C(C)C)cc1. The van der Waals surface area contributed by atoms with Crippen molar-refractivity contribution in [3.63, 3.8) is 0 Å². The van der Waals surface area contributed by atoms with Crippen molar-refractivity contribution in [3.05, 3.63) is 101 Å². The van der Waals surface area contributed by atoms with E-state index in [-0.39, 0.29) is 24.4 Å². The van der Waals surface area contributed by atoms with Crippen LogP contribution in [-0.2, 0) is 24.3 Å². The zero-order chi connectivity index (χ0) is 25.5. The van der Waals surface area contributed by atoms with Crippen LogP contribution in [0.2, 0.25) is 0 Å². The zero-order valence-corrected chi connectivity index (χ0v) is 21.3. The van der Waals surface area contributed by atoms with E-state index in [1.165, 1.54) is 0 Å². The molecule has 0 bridgehead atoms. The number of hydrogen-bond acceptors (Lipinski definition) is 3. The number of carbonyl (C=O) groups is 2. The summed E-state index contributed by atoms with van der Waals surface area (Å²) < 4.78 is 2.03. The lowest BCUT2D eigenvalue weighted by molar-refractivity contribution is -0.134. The second kappa shape index (κ2) is 11.7. The van der Waals surface area contributed by atoms with Gasteiger partial charge in [0, 0.05) is 31.1 Å². The first-order valence-corrected chi connectivity index (χ1v) is 12.5. The summed E-state index contributed by atoms with van der Waals surface area (Å²) in [4.78, 5) is 32.6. The minimum Gasteiger partial charge on any atom is -0.352 e. The molecule has 6 heteroatoms. The van der Waals surface area contributed by atoms with Crippen molar-refractivity contribution in [1.82, 2.24) is 19.8 Å². The van der Waals surface area contributed by atoms with Gasteiger partial charge in [0.1, 0.15) is 12.4 Å². The molecule has 6 nitrogen and oxygen atoms in total. The quantitative estimate of drug-likeness (QED) is 0.318. The minimum absolute atomic E-state index is 0.0610. The van der Waals surface area contributed by atoms with Crippen molar-refractivity contribution >= 4 is 22.8 Å². The largest absolute Gasteiger partial charge is 0.352 e. The van der Waals surface area contributed by atoms with Crippen LogP contribution in [0.25, 0.3) is 11.0 Å². The third-order valence-electron chi connectivity index (χ3n) is 6.34. The Bertz CT molecular complexity index is 1310. The van der Waals surface area contributed by atoms with Crippen LogP contribution < -0.4 is 5.32 Å². The van der Waals surface area contributed by atoms with E-state index in [0.29, 0.717) is 25.1 Å². The van der Waals surface area contributed by atoms with Gasteiger partial charge < -0.3 is 14.8 Å². The molecule has 1 heterocycles. The number of hydrogen-bond donors (Lipinski definition) is 1. The van der Waals surface area contributed by atoms with Gasteiger partial charge in [-0.05, 0) is 57.0 Å². The van der Waals surface area contributed by atoms with Crippen LogP contribution in [0.3, 0.4) is 0 Å². The van der Waals surface area contributed by atoms with Gasteiger partial charge in [-0.25, -0.2) is 4.98 Å². The van der Waals surface area contributed by atoms with Crippen LogP contribution in [0.4, 0.5) is 0 Å². The number of rotatable bonds is 10. The van der Waals surface area contributed by atoms with E-state index in [9.17, 15) is 9.59 Å². The van der Waals surface area contributed by atoms with Gasteiger partial charge in [-0.1, -0.05) is 60.2 Å². The van der Waals surface area contributed by atoms with Gasteiger partial charge >= 0.3 is 0 Å². The summed E-state index contributed by atoms with van der Waals surface area (Å²) in [5.41, 5.74) is 4.72. The Hall–Kier alpha value is -3.93. The molecule has 0 spiro atoms. The average molecular weight is 483 g/mol. The molecule has 3 aromatic carbocycles. The molecule has 0 fully saturated rings. The van der Waals surface area contributed by atoms with E-state index in [1.54, 1.807) is 0 Å². The highest BCUT2D eigenvalue weighted by molar-refractivity contribution is 5.94. The summed E-state index contributed by atoms with van der Waals surface area (Å²) >= 11 is 0. The molecule has 4 rings (SSSR count). The standard InChI is InChI=1S/C30H34N4O2/c1-22(2)33(20-24-10-5-4-6-11-24)29(35)21-34-27-13-8-7-12-26(27)32-28(34)14-9-19-31-30(36)25-17-15-23(3)16-18-25/h4-8,10-13,15-18,22H,9,14,19-21H2,1-3H3,(H,31,36). The highest BCUT2D eigenvalue weighted by Crippen LogP contribution is 2.19. The number of nitrogens with zero attached hydrogens (tertiary/aromatic N) is 3. The first-order valence-electron chi connectivity index (χ1n) is 12.5. The molecule has 0 saturated carbocycles. The fourth-order valence-electron chi connectivity index (χ4n) is 4.31. The van der Waals surface area contributed by atoms with Crippen molar-refractivity contribution in [2.45, 2.75) is 52.7 Å². The Kier molecular flexibility index (Phi) is 8.16. The molecule has 186 valence electrons. The lowest BCUT2D eigenvalue weighted by Gasteiger charge is -2.27. The van der Waals surface area contributed by atoms with E-state index in [0.717, 1.165) is 34.4 Å². The lowest BCUT2D eigenvalue weighted by Crippen LogP contribution is -2.38. The average Bonchev–Trinajstić information content (AvgIpc) is 3.23. The first kappa shape index (κ1) is 25.2. The summed E-state index contributed by atoms with van der Waals surface area (Å²) in [5, 5.41) is 2.99. The van der Waals surface area contributed by atoms with E-state index >= 15 is 0 Å². The number of fused-ring (bicyclic) bond motifs is 1. The molecule has 4 aromatic rings. The van der Waals surface area contributed by atoms with Crippen LogP contribution in [0, 0.1) is 6.92 Å². The van der Waals surface area contributed by atoms with Crippen LogP contribution in [-0.4, -0.2) is 38.9 Å². The summed E-state index contributed by atoms with van der Waals surface area (Å²) in [6.45, 7) is 7.44. The van der Waals surface area contributed by atoms with Gasteiger partial charge in [0.25, 0.3) is 5.91 Å². The molecule has 0 aliphatic heterocycles. The number of carbonyl (C=O) groups excluding carboxylic acids is 2. The van der Waals surface area contributed by atoms with E-state index in [2.05, 4.69) is 5.32 Å². The lowest BCUT2D eigenvalue weighted by atomic mass is 10.1. The molecular weight excluding hydrogens is 448 g/mol. The second-order valence-electron chi connectivity index (χ2n) is 9.43. The Morgan fingerprint density at radius 3 is 2.36 bits per heavy atom. The summed E-state index contributed by atoms with van der Waals surface area (Å²) in [6.07, 6.45) is 1.39. The Balaban J connectivity index is 1.44. The third-order valence-corrected chi connectivity index (χ3v) is 6.34. The molecule has 0 aliphatic carbocycles. The van der Waals surface area contributed by atoms with E-state index in [4.69, 9.17) is 4.98 Å². The minimum atomic E-state index is -0.0767. The topological polar surface area (TPSA) is 67.2 Å². The molecule has 2 amide bonds. The molecule has 1 N–H and O–H groups in total. The van der Waals surface area contributed by atoms with Crippen molar-refractivity contribution in [3.8, 4) is 0 Å². The maximum Gasteiger partial charge on any atom is 0.251 e. The summed E-state index contributed by atoms with van der Waals surface area (Å²) in [7, 11) is 0.